The van der Waals surface area contributed by atoms with Gasteiger partial charge in [-0.3, -0.25) is 14.2 Å². The first-order valence-electron chi connectivity index (χ1n) is 11.4. The van der Waals surface area contributed by atoms with E-state index in [1.165, 1.54) is 28.3 Å². The third-order valence-electron chi connectivity index (χ3n) is 6.21. The molecular weight excluding hydrogens is 451 g/mol. The molecule has 0 unspecified atom stereocenters. The van der Waals surface area contributed by atoms with Crippen LogP contribution in [0.2, 0.25) is 0 Å². The monoisotopic (exact) mass is 476 g/mol. The average molecular weight is 477 g/mol. The van der Waals surface area contributed by atoms with Gasteiger partial charge in [-0.1, -0.05) is 35.9 Å². The number of hydrogen-bond donors (Lipinski definition) is 1. The van der Waals surface area contributed by atoms with E-state index < -0.39 is 5.82 Å². The Morgan fingerprint density at radius 2 is 1.91 bits per heavy atom. The number of carbonyl (C=O) groups is 1. The molecule has 0 radical (unpaired) electrons. The lowest BCUT2D eigenvalue weighted by atomic mass is 10.1. The highest BCUT2D eigenvalue weighted by Crippen LogP contribution is 2.32. The summed E-state index contributed by atoms with van der Waals surface area (Å²) >= 11 is 1.43. The molecule has 5 rings (SSSR count). The molecule has 0 saturated carbocycles. The number of thiophene rings is 1. The van der Waals surface area contributed by atoms with Crippen LogP contribution in [-0.2, 0) is 11.3 Å². The van der Waals surface area contributed by atoms with Crippen molar-refractivity contribution in [3.8, 4) is 11.1 Å². The lowest BCUT2D eigenvalue weighted by Gasteiger charge is -2.22. The molecule has 1 fully saturated rings. The summed E-state index contributed by atoms with van der Waals surface area (Å²) in [4.78, 5) is 33.1. The fraction of sp³-hybridized carbons (Fsp3) is 0.269. The summed E-state index contributed by atoms with van der Waals surface area (Å²) in [6.07, 6.45) is 3.61. The number of carbonyl (C=O) groups excluding carboxylic acids is 1. The quantitative estimate of drug-likeness (QED) is 0.415. The van der Waals surface area contributed by atoms with Crippen molar-refractivity contribution in [2.24, 2.45) is 0 Å². The van der Waals surface area contributed by atoms with E-state index >= 15 is 0 Å². The van der Waals surface area contributed by atoms with Gasteiger partial charge in [-0.25, -0.2) is 9.37 Å². The van der Waals surface area contributed by atoms with Gasteiger partial charge in [0.25, 0.3) is 5.56 Å². The third-order valence-corrected chi connectivity index (χ3v) is 7.09. The zero-order chi connectivity index (χ0) is 23.7. The highest BCUT2D eigenvalue weighted by Gasteiger charge is 2.20. The number of rotatable bonds is 6. The smallest absolute Gasteiger partial charge is 0.262 e. The normalized spacial score (nSPS) is 13.5. The van der Waals surface area contributed by atoms with Crippen molar-refractivity contribution >= 4 is 38.8 Å². The van der Waals surface area contributed by atoms with Gasteiger partial charge in [0, 0.05) is 37.0 Å². The van der Waals surface area contributed by atoms with Gasteiger partial charge in [0.05, 0.1) is 17.4 Å². The maximum atomic E-state index is 14.6. The van der Waals surface area contributed by atoms with Gasteiger partial charge in [-0.15, -0.1) is 11.3 Å². The number of nitrogens with one attached hydrogen (secondary N) is 1. The summed E-state index contributed by atoms with van der Waals surface area (Å²) in [5.41, 5.74) is 3.67. The van der Waals surface area contributed by atoms with E-state index in [1.807, 2.05) is 42.6 Å². The Bertz CT molecular complexity index is 1400. The molecule has 1 saturated heterocycles. The topological polar surface area (TPSA) is 67.2 Å². The molecule has 34 heavy (non-hydrogen) atoms. The number of amides is 1. The highest BCUT2D eigenvalue weighted by atomic mass is 32.1. The largest absolute Gasteiger partial charge is 0.370 e. The number of benzene rings is 2. The first kappa shape index (κ1) is 22.3. The molecule has 4 aromatic rings. The summed E-state index contributed by atoms with van der Waals surface area (Å²) in [7, 11) is 0. The Labute approximate surface area is 200 Å². The van der Waals surface area contributed by atoms with E-state index in [0.29, 0.717) is 15.9 Å². The van der Waals surface area contributed by atoms with Crippen molar-refractivity contribution in [2.45, 2.75) is 32.7 Å². The first-order chi connectivity index (χ1) is 16.5. The van der Waals surface area contributed by atoms with Gasteiger partial charge in [-0.2, -0.15) is 0 Å². The maximum absolute atomic E-state index is 14.6. The molecule has 1 aliphatic heterocycles. The van der Waals surface area contributed by atoms with Crippen molar-refractivity contribution in [3.05, 3.63) is 75.9 Å². The molecule has 2 aromatic heterocycles. The van der Waals surface area contributed by atoms with E-state index in [1.54, 1.807) is 6.07 Å². The Balaban J connectivity index is 1.35. The predicted octanol–water partition coefficient (Wildman–Crippen LogP) is 5.20. The van der Waals surface area contributed by atoms with E-state index in [4.69, 9.17) is 0 Å². The van der Waals surface area contributed by atoms with Gasteiger partial charge in [0.2, 0.25) is 5.91 Å². The third kappa shape index (κ3) is 4.33. The molecule has 0 aliphatic carbocycles. The van der Waals surface area contributed by atoms with Crippen LogP contribution in [-0.4, -0.2) is 28.5 Å². The van der Waals surface area contributed by atoms with Crippen LogP contribution in [0.5, 0.6) is 0 Å². The predicted molar refractivity (Wildman–Crippen MR) is 135 cm³/mol. The van der Waals surface area contributed by atoms with E-state index in [9.17, 15) is 14.0 Å². The number of fused-ring (bicyclic) bond motifs is 1. The van der Waals surface area contributed by atoms with Crippen LogP contribution in [0.1, 0.15) is 24.8 Å². The summed E-state index contributed by atoms with van der Waals surface area (Å²) in [5, 5.41) is 5.23. The van der Waals surface area contributed by atoms with Crippen LogP contribution >= 0.6 is 11.3 Å². The van der Waals surface area contributed by atoms with Crippen molar-refractivity contribution in [3.63, 3.8) is 0 Å². The average Bonchev–Trinajstić information content (AvgIpc) is 3.51. The van der Waals surface area contributed by atoms with Crippen molar-refractivity contribution in [1.82, 2.24) is 9.55 Å². The minimum atomic E-state index is -0.459. The number of halogens is 1. The number of nitrogens with zero attached hydrogens (tertiary/aromatic N) is 3. The Morgan fingerprint density at radius 3 is 2.68 bits per heavy atom. The minimum Gasteiger partial charge on any atom is -0.370 e. The van der Waals surface area contributed by atoms with Crippen LogP contribution in [0.4, 0.5) is 15.8 Å². The number of aryl methyl sites for hydroxylation is 2. The number of anilines is 2. The lowest BCUT2D eigenvalue weighted by Crippen LogP contribution is -2.25. The van der Waals surface area contributed by atoms with Crippen LogP contribution < -0.4 is 15.8 Å². The minimum absolute atomic E-state index is 0.0326. The van der Waals surface area contributed by atoms with Crippen LogP contribution in [0.3, 0.4) is 0 Å². The van der Waals surface area contributed by atoms with Crippen molar-refractivity contribution < 1.29 is 9.18 Å². The van der Waals surface area contributed by atoms with Gasteiger partial charge in [0.1, 0.15) is 16.3 Å². The summed E-state index contributed by atoms with van der Waals surface area (Å²) in [5.74, 6) is -0.805. The van der Waals surface area contributed by atoms with E-state index in [0.717, 1.165) is 42.6 Å². The molecule has 1 aliphatic rings. The molecular formula is C26H25FN4O2S. The molecule has 8 heteroatoms. The number of aromatic nitrogens is 2. The molecule has 2 aromatic carbocycles. The Morgan fingerprint density at radius 1 is 1.15 bits per heavy atom. The van der Waals surface area contributed by atoms with Crippen molar-refractivity contribution in [2.75, 3.05) is 23.3 Å². The number of hydrogen-bond acceptors (Lipinski definition) is 5. The van der Waals surface area contributed by atoms with Crippen LogP contribution in [0.25, 0.3) is 21.3 Å². The van der Waals surface area contributed by atoms with E-state index in [2.05, 4.69) is 15.2 Å². The highest BCUT2D eigenvalue weighted by molar-refractivity contribution is 7.17. The lowest BCUT2D eigenvalue weighted by molar-refractivity contribution is -0.116. The standard InChI is InChI=1S/C26H25FN4O2S/c1-17-7-9-18(10-8-17)19-15-34-25-23(19)26(33)31(16-28-25)14-11-22(32)29-24-20(27)5-4-6-21(24)30-12-2-3-13-30/h4-10,15-16H,2-3,11-14H2,1H3,(H,29,32). The fourth-order valence-electron chi connectivity index (χ4n) is 4.35. The van der Waals surface area contributed by atoms with E-state index in [-0.39, 0.29) is 30.1 Å². The second-order valence-corrected chi connectivity index (χ2v) is 9.42. The SMILES string of the molecule is Cc1ccc(-c2csc3ncn(CCC(=O)Nc4c(F)cccc4N4CCCC4)c(=O)c23)cc1. The summed E-state index contributed by atoms with van der Waals surface area (Å²) in [6, 6.07) is 12.8. The van der Waals surface area contributed by atoms with Crippen LogP contribution in [0.15, 0.2) is 59.0 Å². The molecule has 1 amide bonds. The molecule has 1 N–H and O–H groups in total. The molecule has 6 nitrogen and oxygen atoms in total. The molecule has 0 atom stereocenters. The molecule has 3 heterocycles. The van der Waals surface area contributed by atoms with Gasteiger partial charge < -0.3 is 10.2 Å². The first-order valence-corrected chi connectivity index (χ1v) is 12.3. The summed E-state index contributed by atoms with van der Waals surface area (Å²) < 4.78 is 16.0. The van der Waals surface area contributed by atoms with Gasteiger partial charge in [0.15, 0.2) is 0 Å². The summed E-state index contributed by atoms with van der Waals surface area (Å²) in [6.45, 7) is 3.86. The molecule has 0 spiro atoms. The number of para-hydroxylation sites is 1. The molecule has 174 valence electrons. The van der Waals surface area contributed by atoms with Gasteiger partial charge >= 0.3 is 0 Å². The van der Waals surface area contributed by atoms with Crippen molar-refractivity contribution in [1.29, 1.82) is 0 Å². The fourth-order valence-corrected chi connectivity index (χ4v) is 5.26. The molecule has 0 bridgehead atoms. The van der Waals surface area contributed by atoms with Gasteiger partial charge in [-0.05, 0) is 37.5 Å². The zero-order valence-electron chi connectivity index (χ0n) is 18.9. The zero-order valence-corrected chi connectivity index (χ0v) is 19.7. The second-order valence-electron chi connectivity index (χ2n) is 8.56. The Kier molecular flexibility index (Phi) is 6.15. The maximum Gasteiger partial charge on any atom is 0.262 e. The second kappa shape index (κ2) is 9.38. The van der Waals surface area contributed by atoms with Crippen LogP contribution in [0, 0.1) is 12.7 Å². The Hall–Kier alpha value is -3.52.